The number of nitrogens with one attached hydrogen (secondary N) is 2. The Morgan fingerprint density at radius 1 is 1.25 bits per heavy atom. The van der Waals surface area contributed by atoms with E-state index >= 15 is 0 Å². The summed E-state index contributed by atoms with van der Waals surface area (Å²) < 4.78 is 5.11. The Kier molecular flexibility index (Phi) is 8.59. The van der Waals surface area contributed by atoms with Crippen LogP contribution in [0.5, 0.6) is 0 Å². The zero-order chi connectivity index (χ0) is 26.2. The monoisotopic (exact) mass is 512 g/mol. The number of carbonyl (C=O) groups is 2. The molecule has 0 saturated heterocycles. The second-order valence-electron chi connectivity index (χ2n) is 7.54. The Morgan fingerprint density at radius 2 is 2.03 bits per heavy atom. The Labute approximate surface area is 210 Å². The maximum Gasteiger partial charge on any atom is 0.271 e. The van der Waals surface area contributed by atoms with E-state index in [4.69, 9.17) is 28.3 Å². The first-order valence-electron chi connectivity index (χ1n) is 10.8. The second kappa shape index (κ2) is 11.8. The van der Waals surface area contributed by atoms with Crippen molar-refractivity contribution < 1.29 is 19.0 Å². The number of nitrogen functional groups attached to an aromatic ring is 1. The van der Waals surface area contributed by atoms with Crippen molar-refractivity contribution in [1.82, 2.24) is 25.8 Å². The van der Waals surface area contributed by atoms with Crippen molar-refractivity contribution in [3.63, 3.8) is 0 Å². The van der Waals surface area contributed by atoms with E-state index in [0.29, 0.717) is 42.2 Å². The number of aryl methyl sites for hydroxylation is 1. The number of anilines is 1. The summed E-state index contributed by atoms with van der Waals surface area (Å²) in [7, 11) is 0. The molecule has 1 heterocycles. The molecule has 0 radical (unpaired) electrons. The SMILES string of the molecule is CCc1nc(-c2cccc(C(=O)NC(=S)NCCCN(N)C(=O)c3ccc([N+](=O)[O-])cc3N)c2)no1. The molecule has 0 aliphatic heterocycles. The summed E-state index contributed by atoms with van der Waals surface area (Å²) in [5.74, 6) is 5.70. The highest BCUT2D eigenvalue weighted by molar-refractivity contribution is 7.80. The first-order valence-corrected chi connectivity index (χ1v) is 11.2. The van der Waals surface area contributed by atoms with Gasteiger partial charge in [-0.2, -0.15) is 4.98 Å². The number of aromatic nitrogens is 2. The lowest BCUT2D eigenvalue weighted by molar-refractivity contribution is -0.384. The van der Waals surface area contributed by atoms with Gasteiger partial charge in [-0.25, -0.2) is 5.84 Å². The van der Waals surface area contributed by atoms with Gasteiger partial charge in [0.05, 0.1) is 16.2 Å². The molecule has 3 rings (SSSR count). The number of thiocarbonyl (C=S) groups is 1. The van der Waals surface area contributed by atoms with Crippen LogP contribution in [0.2, 0.25) is 0 Å². The maximum absolute atomic E-state index is 12.6. The number of non-ortho nitro benzene ring substituents is 1. The summed E-state index contributed by atoms with van der Waals surface area (Å²) in [6.45, 7) is 2.36. The average Bonchev–Trinajstić information content (AvgIpc) is 3.35. The summed E-state index contributed by atoms with van der Waals surface area (Å²) >= 11 is 5.17. The number of hydrazine groups is 1. The van der Waals surface area contributed by atoms with Gasteiger partial charge in [-0.15, -0.1) is 0 Å². The standard InChI is InChI=1S/C22H24N8O5S/c1-2-18-26-19(28-35-18)13-5-3-6-14(11-13)20(31)27-22(36)25-9-4-10-29(24)21(32)16-8-7-15(30(33)34)12-17(16)23/h3,5-8,11-12H,2,4,9-10,23-24H2,1H3,(H2,25,27,31,36). The Hall–Kier alpha value is -4.43. The number of hydrogen-bond donors (Lipinski definition) is 4. The summed E-state index contributed by atoms with van der Waals surface area (Å²) in [4.78, 5) is 39.5. The average molecular weight is 513 g/mol. The van der Waals surface area contributed by atoms with Crippen LogP contribution in [0.3, 0.4) is 0 Å². The van der Waals surface area contributed by atoms with Gasteiger partial charge in [-0.05, 0) is 36.8 Å². The van der Waals surface area contributed by atoms with Crippen LogP contribution in [0.15, 0.2) is 47.0 Å². The minimum atomic E-state index is -0.606. The number of benzene rings is 2. The lowest BCUT2D eigenvalue weighted by Crippen LogP contribution is -2.42. The van der Waals surface area contributed by atoms with Gasteiger partial charge in [0.15, 0.2) is 5.11 Å². The minimum absolute atomic E-state index is 0.0409. The van der Waals surface area contributed by atoms with Gasteiger partial charge >= 0.3 is 0 Å². The fraction of sp³-hybridized carbons (Fsp3) is 0.227. The molecule has 0 bridgehead atoms. The molecule has 1 aromatic heterocycles. The van der Waals surface area contributed by atoms with Crippen molar-refractivity contribution in [3.05, 3.63) is 69.6 Å². The van der Waals surface area contributed by atoms with Gasteiger partial charge in [0.1, 0.15) is 0 Å². The first kappa shape index (κ1) is 26.2. The smallest absolute Gasteiger partial charge is 0.271 e. The molecular weight excluding hydrogens is 488 g/mol. The molecule has 3 aromatic rings. The van der Waals surface area contributed by atoms with Crippen LogP contribution < -0.4 is 22.2 Å². The zero-order valence-corrected chi connectivity index (χ0v) is 20.1. The van der Waals surface area contributed by atoms with Gasteiger partial charge < -0.3 is 15.6 Å². The third kappa shape index (κ3) is 6.58. The van der Waals surface area contributed by atoms with Crippen molar-refractivity contribution in [3.8, 4) is 11.4 Å². The van der Waals surface area contributed by atoms with Crippen LogP contribution in [0.25, 0.3) is 11.4 Å². The van der Waals surface area contributed by atoms with E-state index in [9.17, 15) is 19.7 Å². The summed E-state index contributed by atoms with van der Waals surface area (Å²) in [5.41, 5.74) is 6.54. The van der Waals surface area contributed by atoms with Gasteiger partial charge in [0.25, 0.3) is 17.5 Å². The number of rotatable bonds is 9. The molecule has 0 aliphatic rings. The van der Waals surface area contributed by atoms with Crippen molar-refractivity contribution in [2.75, 3.05) is 18.8 Å². The van der Waals surface area contributed by atoms with E-state index in [1.54, 1.807) is 24.3 Å². The first-order chi connectivity index (χ1) is 17.2. The van der Waals surface area contributed by atoms with Crippen LogP contribution in [0.1, 0.15) is 40.0 Å². The van der Waals surface area contributed by atoms with Crippen LogP contribution in [0.4, 0.5) is 11.4 Å². The molecule has 36 heavy (non-hydrogen) atoms. The van der Waals surface area contributed by atoms with E-state index in [1.807, 2.05) is 6.92 Å². The van der Waals surface area contributed by atoms with Gasteiger partial charge in [0, 0.05) is 42.8 Å². The van der Waals surface area contributed by atoms with E-state index in [0.717, 1.165) is 11.1 Å². The number of nitro benzene ring substituents is 1. The van der Waals surface area contributed by atoms with E-state index < -0.39 is 16.7 Å². The number of amides is 2. The molecule has 2 amide bonds. The predicted molar refractivity (Wildman–Crippen MR) is 135 cm³/mol. The topological polar surface area (TPSA) is 196 Å². The lowest BCUT2D eigenvalue weighted by Gasteiger charge is -2.18. The summed E-state index contributed by atoms with van der Waals surface area (Å²) in [5, 5.41) is 21.2. The number of hydrogen-bond acceptors (Lipinski definition) is 10. The maximum atomic E-state index is 12.6. The largest absolute Gasteiger partial charge is 0.398 e. The van der Waals surface area contributed by atoms with Crippen molar-refractivity contribution in [2.24, 2.45) is 5.84 Å². The van der Waals surface area contributed by atoms with E-state index in [-0.39, 0.29) is 28.6 Å². The Bertz CT molecular complexity index is 1290. The van der Waals surface area contributed by atoms with Crippen LogP contribution in [0, 0.1) is 10.1 Å². The molecule has 0 spiro atoms. The third-order valence-electron chi connectivity index (χ3n) is 4.98. The molecule has 0 aliphatic carbocycles. The number of carbonyl (C=O) groups excluding carboxylic acids is 2. The van der Waals surface area contributed by atoms with Gasteiger partial charge in [-0.3, -0.25) is 30.0 Å². The highest BCUT2D eigenvalue weighted by Gasteiger charge is 2.18. The molecule has 0 saturated carbocycles. The Balaban J connectivity index is 1.46. The fourth-order valence-electron chi connectivity index (χ4n) is 3.10. The summed E-state index contributed by atoms with van der Waals surface area (Å²) in [6.07, 6.45) is 1.01. The van der Waals surface area contributed by atoms with Crippen molar-refractivity contribution >= 4 is 40.5 Å². The predicted octanol–water partition coefficient (Wildman–Crippen LogP) is 1.80. The molecule has 14 heteroatoms. The Morgan fingerprint density at radius 3 is 2.69 bits per heavy atom. The van der Waals surface area contributed by atoms with Crippen LogP contribution >= 0.6 is 12.2 Å². The fourth-order valence-corrected chi connectivity index (χ4v) is 3.30. The van der Waals surface area contributed by atoms with Crippen LogP contribution in [-0.2, 0) is 6.42 Å². The molecule has 188 valence electrons. The second-order valence-corrected chi connectivity index (χ2v) is 7.95. The number of nitrogens with two attached hydrogens (primary N) is 2. The lowest BCUT2D eigenvalue weighted by atomic mass is 10.1. The molecule has 2 aromatic carbocycles. The van der Waals surface area contributed by atoms with Crippen molar-refractivity contribution in [1.29, 1.82) is 0 Å². The normalized spacial score (nSPS) is 10.5. The summed E-state index contributed by atoms with van der Waals surface area (Å²) in [6, 6.07) is 10.3. The van der Waals surface area contributed by atoms with E-state index in [2.05, 4.69) is 20.8 Å². The molecule has 13 nitrogen and oxygen atoms in total. The van der Waals surface area contributed by atoms with Crippen LogP contribution in [-0.4, -0.2) is 50.1 Å². The highest BCUT2D eigenvalue weighted by Crippen LogP contribution is 2.21. The van der Waals surface area contributed by atoms with Gasteiger partial charge in [0.2, 0.25) is 11.7 Å². The van der Waals surface area contributed by atoms with Gasteiger partial charge in [-0.1, -0.05) is 24.2 Å². The molecule has 0 unspecified atom stereocenters. The minimum Gasteiger partial charge on any atom is -0.398 e. The number of nitrogens with zero attached hydrogens (tertiary/aromatic N) is 4. The number of nitro groups is 1. The quantitative estimate of drug-likeness (QED) is 0.0620. The third-order valence-corrected chi connectivity index (χ3v) is 5.23. The van der Waals surface area contributed by atoms with E-state index in [1.165, 1.54) is 12.1 Å². The molecule has 0 atom stereocenters. The zero-order valence-electron chi connectivity index (χ0n) is 19.3. The highest BCUT2D eigenvalue weighted by atomic mass is 32.1. The molecule has 6 N–H and O–H groups in total. The molecular formula is C22H24N8O5S. The molecule has 0 fully saturated rings. The van der Waals surface area contributed by atoms with Crippen molar-refractivity contribution in [2.45, 2.75) is 19.8 Å².